The average Bonchev–Trinajstić information content (AvgIpc) is 2.85. The SMILES string of the molecule is CC(C)c1ccccc1Oc1coc2cc(OC(=O)C=Cc3cccc([N+](=O)[O-])c3)ccc2c1=O. The van der Waals surface area contributed by atoms with E-state index in [1.807, 2.05) is 32.0 Å². The van der Waals surface area contributed by atoms with Crippen molar-refractivity contribution in [3.8, 4) is 17.2 Å². The highest BCUT2D eigenvalue weighted by Gasteiger charge is 2.14. The Morgan fingerprint density at radius 2 is 1.83 bits per heavy atom. The van der Waals surface area contributed by atoms with Crippen LogP contribution < -0.4 is 14.9 Å². The van der Waals surface area contributed by atoms with Gasteiger partial charge in [0.2, 0.25) is 11.2 Å². The second-order valence-electron chi connectivity index (χ2n) is 7.99. The van der Waals surface area contributed by atoms with Crippen LogP contribution >= 0.6 is 0 Å². The molecule has 0 atom stereocenters. The predicted octanol–water partition coefficient (Wildman–Crippen LogP) is 6.24. The van der Waals surface area contributed by atoms with Crippen molar-refractivity contribution in [1.29, 1.82) is 0 Å². The van der Waals surface area contributed by atoms with E-state index in [9.17, 15) is 19.7 Å². The van der Waals surface area contributed by atoms with Gasteiger partial charge in [-0.15, -0.1) is 0 Å². The van der Waals surface area contributed by atoms with Crippen LogP contribution in [-0.4, -0.2) is 10.9 Å². The van der Waals surface area contributed by atoms with Crippen molar-refractivity contribution >= 4 is 28.7 Å². The van der Waals surface area contributed by atoms with E-state index in [0.29, 0.717) is 11.3 Å². The lowest BCUT2D eigenvalue weighted by molar-refractivity contribution is -0.384. The molecule has 0 aliphatic carbocycles. The molecule has 4 rings (SSSR count). The summed E-state index contributed by atoms with van der Waals surface area (Å²) < 4.78 is 16.7. The van der Waals surface area contributed by atoms with Gasteiger partial charge in [0.15, 0.2) is 0 Å². The predicted molar refractivity (Wildman–Crippen MR) is 131 cm³/mol. The number of hydrogen-bond acceptors (Lipinski definition) is 7. The van der Waals surface area contributed by atoms with E-state index >= 15 is 0 Å². The molecule has 0 fully saturated rings. The molecule has 0 N–H and O–H groups in total. The van der Waals surface area contributed by atoms with Gasteiger partial charge in [-0.3, -0.25) is 14.9 Å². The number of nitro groups is 1. The molecule has 0 saturated carbocycles. The highest BCUT2D eigenvalue weighted by molar-refractivity contribution is 5.89. The molecular formula is C27H21NO7. The van der Waals surface area contributed by atoms with E-state index in [-0.39, 0.29) is 39.5 Å². The van der Waals surface area contributed by atoms with Crippen LogP contribution in [0.25, 0.3) is 17.0 Å². The van der Waals surface area contributed by atoms with Crippen LogP contribution in [0, 0.1) is 10.1 Å². The smallest absolute Gasteiger partial charge is 0.336 e. The molecule has 176 valence electrons. The van der Waals surface area contributed by atoms with Gasteiger partial charge in [0, 0.05) is 24.3 Å². The number of rotatable bonds is 7. The van der Waals surface area contributed by atoms with Crippen LogP contribution in [-0.2, 0) is 4.79 Å². The molecular weight excluding hydrogens is 450 g/mol. The molecule has 0 spiro atoms. The van der Waals surface area contributed by atoms with Crippen molar-refractivity contribution in [2.75, 3.05) is 0 Å². The molecule has 4 aromatic rings. The van der Waals surface area contributed by atoms with Crippen molar-refractivity contribution in [2.24, 2.45) is 0 Å². The normalized spacial score (nSPS) is 11.2. The molecule has 0 bridgehead atoms. The largest absolute Gasteiger partial charge is 0.460 e. The summed E-state index contributed by atoms with van der Waals surface area (Å²) in [6.45, 7) is 4.07. The zero-order chi connectivity index (χ0) is 24.9. The third kappa shape index (κ3) is 5.44. The molecule has 0 saturated heterocycles. The minimum absolute atomic E-state index is 0.0511. The summed E-state index contributed by atoms with van der Waals surface area (Å²) in [4.78, 5) is 35.5. The van der Waals surface area contributed by atoms with E-state index in [2.05, 4.69) is 0 Å². The average molecular weight is 471 g/mol. The molecule has 0 aliphatic rings. The minimum Gasteiger partial charge on any atom is -0.460 e. The van der Waals surface area contributed by atoms with Gasteiger partial charge in [0.05, 0.1) is 10.3 Å². The van der Waals surface area contributed by atoms with E-state index in [1.165, 1.54) is 48.7 Å². The third-order valence-corrected chi connectivity index (χ3v) is 5.19. The highest BCUT2D eigenvalue weighted by atomic mass is 16.6. The summed E-state index contributed by atoms with van der Waals surface area (Å²) in [7, 11) is 0. The van der Waals surface area contributed by atoms with Crippen LogP contribution in [0.5, 0.6) is 17.2 Å². The quantitative estimate of drug-likeness (QED) is 0.103. The van der Waals surface area contributed by atoms with Gasteiger partial charge in [-0.05, 0) is 41.3 Å². The number of nitro benzene ring substituents is 1. The Hall–Kier alpha value is -4.72. The number of nitrogens with zero attached hydrogens (tertiary/aromatic N) is 1. The molecule has 8 heteroatoms. The number of carbonyl (C=O) groups excluding carboxylic acids is 1. The number of ether oxygens (including phenoxy) is 2. The van der Waals surface area contributed by atoms with Crippen LogP contribution in [0.4, 0.5) is 5.69 Å². The minimum atomic E-state index is -0.691. The highest BCUT2D eigenvalue weighted by Crippen LogP contribution is 2.30. The number of benzene rings is 3. The van der Waals surface area contributed by atoms with Gasteiger partial charge >= 0.3 is 5.97 Å². The van der Waals surface area contributed by atoms with Gasteiger partial charge in [-0.1, -0.05) is 44.2 Å². The maximum Gasteiger partial charge on any atom is 0.336 e. The lowest BCUT2D eigenvalue weighted by Gasteiger charge is -2.13. The number of fused-ring (bicyclic) bond motifs is 1. The number of carbonyl (C=O) groups is 1. The lowest BCUT2D eigenvalue weighted by atomic mass is 10.0. The van der Waals surface area contributed by atoms with Crippen LogP contribution in [0.3, 0.4) is 0 Å². The fourth-order valence-corrected chi connectivity index (χ4v) is 3.45. The van der Waals surface area contributed by atoms with Crippen molar-refractivity contribution in [2.45, 2.75) is 19.8 Å². The fourth-order valence-electron chi connectivity index (χ4n) is 3.45. The molecule has 8 nitrogen and oxygen atoms in total. The second-order valence-corrected chi connectivity index (χ2v) is 7.99. The molecule has 0 amide bonds. The molecule has 35 heavy (non-hydrogen) atoms. The third-order valence-electron chi connectivity index (χ3n) is 5.19. The van der Waals surface area contributed by atoms with Gasteiger partial charge in [-0.2, -0.15) is 0 Å². The molecule has 0 aliphatic heterocycles. The Balaban J connectivity index is 1.51. The van der Waals surface area contributed by atoms with E-state index in [4.69, 9.17) is 13.9 Å². The summed E-state index contributed by atoms with van der Waals surface area (Å²) >= 11 is 0. The first kappa shape index (κ1) is 23.4. The zero-order valence-corrected chi connectivity index (χ0v) is 19.0. The lowest BCUT2D eigenvalue weighted by Crippen LogP contribution is -2.07. The fraction of sp³-hybridized carbons (Fsp3) is 0.111. The number of hydrogen-bond donors (Lipinski definition) is 0. The summed E-state index contributed by atoms with van der Waals surface area (Å²) in [6.07, 6.45) is 3.80. The van der Waals surface area contributed by atoms with Gasteiger partial charge in [-0.25, -0.2) is 4.79 Å². The topological polar surface area (TPSA) is 109 Å². The molecule has 3 aromatic carbocycles. The first-order valence-corrected chi connectivity index (χ1v) is 10.8. The second kappa shape index (κ2) is 10.0. The van der Waals surface area contributed by atoms with Gasteiger partial charge in [0.1, 0.15) is 23.3 Å². The molecule has 1 heterocycles. The van der Waals surface area contributed by atoms with Crippen LogP contribution in [0.1, 0.15) is 30.9 Å². The number of esters is 1. The van der Waals surface area contributed by atoms with Crippen molar-refractivity contribution in [3.63, 3.8) is 0 Å². The van der Waals surface area contributed by atoms with Crippen LogP contribution in [0.15, 0.2) is 88.3 Å². The Kier molecular flexibility index (Phi) is 6.73. The summed E-state index contributed by atoms with van der Waals surface area (Å²) in [5.41, 5.74) is 1.24. The summed E-state index contributed by atoms with van der Waals surface area (Å²) in [5.74, 6) is 0.323. The van der Waals surface area contributed by atoms with Crippen LogP contribution in [0.2, 0.25) is 0 Å². The Morgan fingerprint density at radius 1 is 1.03 bits per heavy atom. The number of non-ortho nitro benzene ring substituents is 1. The molecule has 1 aromatic heterocycles. The zero-order valence-electron chi connectivity index (χ0n) is 19.0. The maximum atomic E-state index is 12.9. The van der Waals surface area contributed by atoms with Crippen molar-refractivity contribution in [1.82, 2.24) is 0 Å². The first-order chi connectivity index (χ1) is 16.8. The Bertz CT molecular complexity index is 1500. The summed E-state index contributed by atoms with van der Waals surface area (Å²) in [5, 5.41) is 11.1. The summed E-state index contributed by atoms with van der Waals surface area (Å²) in [6, 6.07) is 17.7. The maximum absolute atomic E-state index is 12.9. The van der Waals surface area contributed by atoms with E-state index in [1.54, 1.807) is 12.1 Å². The van der Waals surface area contributed by atoms with E-state index < -0.39 is 10.9 Å². The van der Waals surface area contributed by atoms with E-state index in [0.717, 1.165) is 11.6 Å². The first-order valence-electron chi connectivity index (χ1n) is 10.8. The number of para-hydroxylation sites is 1. The molecule has 0 radical (unpaired) electrons. The van der Waals surface area contributed by atoms with Gasteiger partial charge < -0.3 is 13.9 Å². The Labute approximate surface area is 200 Å². The van der Waals surface area contributed by atoms with Crippen molar-refractivity contribution < 1.29 is 23.6 Å². The monoisotopic (exact) mass is 471 g/mol. The Morgan fingerprint density at radius 3 is 2.60 bits per heavy atom. The standard InChI is InChI=1S/C27H21NO7/c1-17(2)21-8-3-4-9-23(21)35-25-16-33-24-15-20(11-12-22(24)27(25)30)34-26(29)13-10-18-6-5-7-19(14-18)28(31)32/h3-17H,1-2H3. The van der Waals surface area contributed by atoms with Gasteiger partial charge in [0.25, 0.3) is 5.69 Å². The molecule has 0 unspecified atom stereocenters. The van der Waals surface area contributed by atoms with Crippen molar-refractivity contribution in [3.05, 3.63) is 111 Å².